The Morgan fingerprint density at radius 2 is 1.21 bits per heavy atom. The highest BCUT2D eigenvalue weighted by molar-refractivity contribution is 5.64. The van der Waals surface area contributed by atoms with Gasteiger partial charge in [-0.1, -0.05) is 114 Å². The van der Waals surface area contributed by atoms with Gasteiger partial charge in [0, 0.05) is 13.0 Å². The maximum absolute atomic E-state index is 5.98. The Balaban J connectivity index is 1.34. The van der Waals surface area contributed by atoms with Gasteiger partial charge in [-0.05, 0) is 48.1 Å². The molecule has 0 saturated heterocycles. The summed E-state index contributed by atoms with van der Waals surface area (Å²) in [6, 6.07) is 17.7. The number of methoxy groups -OCH3 is 1. The van der Waals surface area contributed by atoms with Crippen molar-refractivity contribution in [1.82, 2.24) is 0 Å². The van der Waals surface area contributed by atoms with E-state index in [9.17, 15) is 0 Å². The van der Waals surface area contributed by atoms with E-state index in [1.807, 2.05) is 7.11 Å². The van der Waals surface area contributed by atoms with Crippen molar-refractivity contribution in [1.29, 1.82) is 0 Å². The summed E-state index contributed by atoms with van der Waals surface area (Å²) in [6.07, 6.45) is 19.0. The first kappa shape index (κ1) is 25.8. The summed E-state index contributed by atoms with van der Waals surface area (Å²) >= 11 is 0. The highest BCUT2D eigenvalue weighted by Gasteiger charge is 2.26. The van der Waals surface area contributed by atoms with Crippen LogP contribution in [0.3, 0.4) is 0 Å². The van der Waals surface area contributed by atoms with Gasteiger partial charge in [-0.2, -0.15) is 0 Å². The zero-order valence-electron chi connectivity index (χ0n) is 21.2. The molecule has 182 valence electrons. The van der Waals surface area contributed by atoms with Crippen LogP contribution in [0, 0.1) is 0 Å². The standard InChI is InChI=1S/C31H46O2/c1-3-4-5-6-7-8-9-10-11-14-25-33-29-23-21-27(22-24-29)26-17-19-28(20-18-26)30-15-12-13-16-31(30)32-2/h17-24,30-31H,3-16,25H2,1-2H3/t30-,31+/m1/s1. The normalized spacial score (nSPS) is 18.4. The van der Waals surface area contributed by atoms with Gasteiger partial charge in [0.15, 0.2) is 0 Å². The van der Waals surface area contributed by atoms with Gasteiger partial charge in [0.1, 0.15) is 5.75 Å². The third kappa shape index (κ3) is 8.81. The molecule has 0 bridgehead atoms. The van der Waals surface area contributed by atoms with Crippen LogP contribution in [0.1, 0.15) is 108 Å². The second kappa shape index (κ2) is 15.2. The minimum absolute atomic E-state index is 0.372. The fourth-order valence-electron chi connectivity index (χ4n) is 5.21. The van der Waals surface area contributed by atoms with Crippen LogP contribution in [0.15, 0.2) is 48.5 Å². The molecule has 1 aliphatic rings. The van der Waals surface area contributed by atoms with Crippen LogP contribution in [0.2, 0.25) is 0 Å². The monoisotopic (exact) mass is 450 g/mol. The van der Waals surface area contributed by atoms with E-state index < -0.39 is 0 Å². The molecule has 0 aliphatic heterocycles. The van der Waals surface area contributed by atoms with Crippen LogP contribution >= 0.6 is 0 Å². The average molecular weight is 451 g/mol. The molecule has 0 unspecified atom stereocenters. The molecule has 0 heterocycles. The van der Waals surface area contributed by atoms with Crippen molar-refractivity contribution in [3.8, 4) is 16.9 Å². The summed E-state index contributed by atoms with van der Waals surface area (Å²) in [5, 5.41) is 0. The number of rotatable bonds is 15. The quantitative estimate of drug-likeness (QED) is 0.252. The van der Waals surface area contributed by atoms with E-state index in [1.165, 1.54) is 100 Å². The molecule has 1 saturated carbocycles. The van der Waals surface area contributed by atoms with E-state index in [1.54, 1.807) is 0 Å². The van der Waals surface area contributed by atoms with Gasteiger partial charge in [-0.25, -0.2) is 0 Å². The second-order valence-electron chi connectivity index (χ2n) is 9.84. The van der Waals surface area contributed by atoms with E-state index in [4.69, 9.17) is 9.47 Å². The molecule has 0 spiro atoms. The Morgan fingerprint density at radius 3 is 1.82 bits per heavy atom. The van der Waals surface area contributed by atoms with Crippen LogP contribution in [0.4, 0.5) is 0 Å². The lowest BCUT2D eigenvalue weighted by atomic mass is 9.81. The Bertz CT molecular complexity index is 749. The van der Waals surface area contributed by atoms with Gasteiger partial charge < -0.3 is 9.47 Å². The summed E-state index contributed by atoms with van der Waals surface area (Å²) in [5.74, 6) is 1.52. The van der Waals surface area contributed by atoms with Gasteiger partial charge in [0.2, 0.25) is 0 Å². The molecule has 0 N–H and O–H groups in total. The Hall–Kier alpha value is -1.80. The van der Waals surface area contributed by atoms with E-state index >= 15 is 0 Å². The Labute approximate surface area is 203 Å². The van der Waals surface area contributed by atoms with Crippen LogP contribution in [-0.4, -0.2) is 19.8 Å². The van der Waals surface area contributed by atoms with E-state index in [0.29, 0.717) is 12.0 Å². The summed E-state index contributed by atoms with van der Waals surface area (Å²) in [7, 11) is 1.86. The summed E-state index contributed by atoms with van der Waals surface area (Å²) < 4.78 is 11.7. The van der Waals surface area contributed by atoms with Gasteiger partial charge in [0.25, 0.3) is 0 Å². The SMILES string of the molecule is CCCCCCCCCCCCOc1ccc(-c2ccc([C@H]3CCCC[C@@H]3OC)cc2)cc1. The first-order chi connectivity index (χ1) is 16.3. The molecule has 2 aromatic rings. The van der Waals surface area contributed by atoms with Gasteiger partial charge >= 0.3 is 0 Å². The minimum Gasteiger partial charge on any atom is -0.494 e. The van der Waals surface area contributed by atoms with E-state index in [-0.39, 0.29) is 0 Å². The zero-order chi connectivity index (χ0) is 23.1. The summed E-state index contributed by atoms with van der Waals surface area (Å²) in [5.41, 5.74) is 3.94. The number of ether oxygens (including phenoxy) is 2. The maximum atomic E-state index is 5.98. The summed E-state index contributed by atoms with van der Waals surface area (Å²) in [6.45, 7) is 3.11. The van der Waals surface area contributed by atoms with Crippen molar-refractivity contribution in [2.24, 2.45) is 0 Å². The first-order valence-corrected chi connectivity index (χ1v) is 13.7. The molecule has 0 radical (unpaired) electrons. The molecular formula is C31H46O2. The highest BCUT2D eigenvalue weighted by Crippen LogP contribution is 2.35. The molecule has 1 aliphatic carbocycles. The topological polar surface area (TPSA) is 18.5 Å². The lowest BCUT2D eigenvalue weighted by Crippen LogP contribution is -2.24. The van der Waals surface area contributed by atoms with Crippen LogP contribution in [-0.2, 0) is 4.74 Å². The molecule has 3 rings (SSSR count). The maximum Gasteiger partial charge on any atom is 0.119 e. The summed E-state index contributed by atoms with van der Waals surface area (Å²) in [4.78, 5) is 0. The van der Waals surface area contributed by atoms with Gasteiger partial charge in [-0.15, -0.1) is 0 Å². The fraction of sp³-hybridized carbons (Fsp3) is 0.613. The number of hydrogen-bond donors (Lipinski definition) is 0. The van der Waals surface area contributed by atoms with Crippen LogP contribution in [0.5, 0.6) is 5.75 Å². The predicted octanol–water partition coefficient (Wildman–Crippen LogP) is 9.33. The van der Waals surface area contributed by atoms with Crippen molar-refractivity contribution in [2.75, 3.05) is 13.7 Å². The van der Waals surface area contributed by atoms with Crippen molar-refractivity contribution < 1.29 is 9.47 Å². The smallest absolute Gasteiger partial charge is 0.119 e. The van der Waals surface area contributed by atoms with Crippen LogP contribution < -0.4 is 4.74 Å². The first-order valence-electron chi connectivity index (χ1n) is 13.7. The van der Waals surface area contributed by atoms with Crippen molar-refractivity contribution in [2.45, 2.75) is 109 Å². The Kier molecular flexibility index (Phi) is 11.9. The zero-order valence-corrected chi connectivity index (χ0v) is 21.2. The third-order valence-electron chi connectivity index (χ3n) is 7.30. The third-order valence-corrected chi connectivity index (χ3v) is 7.30. The second-order valence-corrected chi connectivity index (χ2v) is 9.84. The highest BCUT2D eigenvalue weighted by atomic mass is 16.5. The van der Waals surface area contributed by atoms with Gasteiger partial charge in [0.05, 0.1) is 12.7 Å². The number of hydrogen-bond acceptors (Lipinski definition) is 2. The predicted molar refractivity (Wildman–Crippen MR) is 141 cm³/mol. The number of unbranched alkanes of at least 4 members (excludes halogenated alkanes) is 9. The van der Waals surface area contributed by atoms with Crippen LogP contribution in [0.25, 0.3) is 11.1 Å². The molecule has 2 aromatic carbocycles. The molecular weight excluding hydrogens is 404 g/mol. The average Bonchev–Trinajstić information content (AvgIpc) is 2.88. The van der Waals surface area contributed by atoms with E-state index in [0.717, 1.165) is 18.8 Å². The molecule has 0 aromatic heterocycles. The van der Waals surface area contributed by atoms with Crippen molar-refractivity contribution >= 4 is 0 Å². The Morgan fingerprint density at radius 1 is 0.667 bits per heavy atom. The largest absolute Gasteiger partial charge is 0.494 e. The fourth-order valence-corrected chi connectivity index (χ4v) is 5.21. The molecule has 2 heteroatoms. The van der Waals surface area contributed by atoms with Crippen molar-refractivity contribution in [3.63, 3.8) is 0 Å². The molecule has 0 amide bonds. The molecule has 33 heavy (non-hydrogen) atoms. The molecule has 1 fully saturated rings. The molecule has 2 nitrogen and oxygen atoms in total. The lowest BCUT2D eigenvalue weighted by Gasteiger charge is -2.30. The van der Waals surface area contributed by atoms with Gasteiger partial charge in [-0.3, -0.25) is 0 Å². The number of benzene rings is 2. The molecule has 2 atom stereocenters. The van der Waals surface area contributed by atoms with E-state index in [2.05, 4.69) is 55.5 Å². The minimum atomic E-state index is 0.372. The lowest BCUT2D eigenvalue weighted by molar-refractivity contribution is 0.0523. The van der Waals surface area contributed by atoms with Crippen molar-refractivity contribution in [3.05, 3.63) is 54.1 Å².